The van der Waals surface area contributed by atoms with Crippen LogP contribution in [-0.2, 0) is 27.5 Å². The molecule has 7 nitrogen and oxygen atoms in total. The van der Waals surface area contributed by atoms with E-state index in [9.17, 15) is 14.9 Å². The molecule has 0 unspecified atom stereocenters. The van der Waals surface area contributed by atoms with Crippen molar-refractivity contribution in [1.82, 2.24) is 0 Å². The number of hydrogen-bond acceptors (Lipinski definition) is 6. The van der Waals surface area contributed by atoms with Gasteiger partial charge in [0.05, 0.1) is 11.5 Å². The van der Waals surface area contributed by atoms with Crippen LogP contribution >= 0.6 is 11.6 Å². The lowest BCUT2D eigenvalue weighted by Crippen LogP contribution is -2.14. The minimum Gasteiger partial charge on any atom is -0.467 e. The van der Waals surface area contributed by atoms with Crippen LogP contribution in [0.1, 0.15) is 16.7 Å². The molecular weight excluding hydrogens is 362 g/mol. The number of nitro groups is 1. The number of rotatable bonds is 5. The number of halogens is 1. The van der Waals surface area contributed by atoms with Crippen LogP contribution in [0.5, 0.6) is 5.75 Å². The summed E-state index contributed by atoms with van der Waals surface area (Å²) in [6, 6.07) is 9.77. The van der Waals surface area contributed by atoms with Crippen LogP contribution < -0.4 is 4.74 Å². The molecule has 0 saturated heterocycles. The van der Waals surface area contributed by atoms with Gasteiger partial charge in [0.2, 0.25) is 0 Å². The first kappa shape index (κ1) is 17.9. The highest BCUT2D eigenvalue weighted by Gasteiger charge is 2.21. The number of carbonyl (C=O) groups excluding carboxylic acids is 1. The summed E-state index contributed by atoms with van der Waals surface area (Å²) in [5.41, 5.74) is 1.52. The molecule has 134 valence electrons. The molecule has 1 aliphatic heterocycles. The fourth-order valence-corrected chi connectivity index (χ4v) is 2.66. The minimum absolute atomic E-state index is 0.0398. The third kappa shape index (κ3) is 4.19. The average Bonchev–Trinajstić information content (AvgIpc) is 2.65. The molecule has 0 atom stereocenters. The van der Waals surface area contributed by atoms with E-state index in [1.165, 1.54) is 24.3 Å². The standard InChI is InChI=1S/C18H14ClNO6/c19-16-4-2-1-3-12(16)5-6-17(21)25-10-14-8-15(20(22)23)7-13-9-24-11-26-18(13)14/h1-8H,9-11H2. The zero-order valence-corrected chi connectivity index (χ0v) is 14.3. The molecule has 0 bridgehead atoms. The van der Waals surface area contributed by atoms with E-state index in [0.717, 1.165) is 0 Å². The van der Waals surface area contributed by atoms with Gasteiger partial charge in [0.15, 0.2) is 6.79 Å². The van der Waals surface area contributed by atoms with E-state index in [0.29, 0.717) is 27.5 Å². The molecule has 3 rings (SSSR count). The topological polar surface area (TPSA) is 87.9 Å². The molecule has 1 aliphatic rings. The van der Waals surface area contributed by atoms with E-state index in [2.05, 4.69) is 0 Å². The number of nitro benzene ring substituents is 1. The van der Waals surface area contributed by atoms with Crippen LogP contribution in [0.25, 0.3) is 6.08 Å². The van der Waals surface area contributed by atoms with Crippen LogP contribution in [0.2, 0.25) is 5.02 Å². The number of ether oxygens (including phenoxy) is 3. The Labute approximate surface area is 153 Å². The van der Waals surface area contributed by atoms with Crippen molar-refractivity contribution in [2.24, 2.45) is 0 Å². The van der Waals surface area contributed by atoms with Crippen LogP contribution in [-0.4, -0.2) is 17.7 Å². The predicted octanol–water partition coefficient (Wildman–Crippen LogP) is 3.87. The highest BCUT2D eigenvalue weighted by molar-refractivity contribution is 6.32. The largest absolute Gasteiger partial charge is 0.467 e. The fourth-order valence-electron chi connectivity index (χ4n) is 2.46. The SMILES string of the molecule is O=C(C=Cc1ccccc1Cl)OCc1cc([N+](=O)[O-])cc2c1OCOC2. The van der Waals surface area contributed by atoms with Crippen LogP contribution in [0.15, 0.2) is 42.5 Å². The van der Waals surface area contributed by atoms with Gasteiger partial charge in [-0.3, -0.25) is 10.1 Å². The predicted molar refractivity (Wildman–Crippen MR) is 93.7 cm³/mol. The summed E-state index contributed by atoms with van der Waals surface area (Å²) in [7, 11) is 0. The molecule has 8 heteroatoms. The van der Waals surface area contributed by atoms with Gasteiger partial charge >= 0.3 is 5.97 Å². The molecule has 0 aliphatic carbocycles. The molecule has 1 heterocycles. The van der Waals surface area contributed by atoms with Gasteiger partial charge in [-0.2, -0.15) is 0 Å². The summed E-state index contributed by atoms with van der Waals surface area (Å²) in [5.74, 6) is -0.151. The normalized spacial score (nSPS) is 13.1. The van der Waals surface area contributed by atoms with E-state index in [-0.39, 0.29) is 25.7 Å². The van der Waals surface area contributed by atoms with Gasteiger partial charge in [0.25, 0.3) is 5.69 Å². The second-order valence-electron chi connectivity index (χ2n) is 5.42. The van der Waals surface area contributed by atoms with Crippen molar-refractivity contribution in [2.45, 2.75) is 13.2 Å². The summed E-state index contributed by atoms with van der Waals surface area (Å²) < 4.78 is 15.7. The number of carbonyl (C=O) groups is 1. The van der Waals surface area contributed by atoms with Gasteiger partial charge in [-0.15, -0.1) is 0 Å². The van der Waals surface area contributed by atoms with Gasteiger partial charge in [-0.25, -0.2) is 4.79 Å². The molecule has 0 saturated carbocycles. The maximum atomic E-state index is 11.9. The Morgan fingerprint density at radius 1 is 1.35 bits per heavy atom. The lowest BCUT2D eigenvalue weighted by molar-refractivity contribution is -0.385. The molecule has 0 amide bonds. The smallest absolute Gasteiger partial charge is 0.331 e. The van der Waals surface area contributed by atoms with Gasteiger partial charge < -0.3 is 14.2 Å². The molecule has 26 heavy (non-hydrogen) atoms. The van der Waals surface area contributed by atoms with Crippen molar-refractivity contribution in [1.29, 1.82) is 0 Å². The Morgan fingerprint density at radius 3 is 2.92 bits per heavy atom. The van der Waals surface area contributed by atoms with Crippen molar-refractivity contribution in [3.05, 3.63) is 74.3 Å². The first-order chi connectivity index (χ1) is 12.5. The number of hydrogen-bond donors (Lipinski definition) is 0. The Balaban J connectivity index is 1.73. The molecular formula is C18H14ClNO6. The third-order valence-corrected chi connectivity index (χ3v) is 4.00. The summed E-state index contributed by atoms with van der Waals surface area (Å²) in [6.45, 7) is 0.0816. The van der Waals surface area contributed by atoms with E-state index in [4.69, 9.17) is 25.8 Å². The zero-order chi connectivity index (χ0) is 18.5. The first-order valence-corrected chi connectivity index (χ1v) is 8.02. The summed E-state index contributed by atoms with van der Waals surface area (Å²) >= 11 is 6.01. The quantitative estimate of drug-likeness (QED) is 0.341. The van der Waals surface area contributed by atoms with E-state index in [1.54, 1.807) is 24.3 Å². The number of fused-ring (bicyclic) bond motifs is 1. The highest BCUT2D eigenvalue weighted by atomic mass is 35.5. The van der Waals surface area contributed by atoms with Gasteiger partial charge in [-0.05, 0) is 17.7 Å². The monoisotopic (exact) mass is 375 g/mol. The van der Waals surface area contributed by atoms with E-state index < -0.39 is 10.9 Å². The maximum absolute atomic E-state index is 11.9. The number of esters is 1. The summed E-state index contributed by atoms with van der Waals surface area (Å²) in [4.78, 5) is 22.5. The Bertz CT molecular complexity index is 880. The van der Waals surface area contributed by atoms with Crippen molar-refractivity contribution in [3.63, 3.8) is 0 Å². The molecule has 0 spiro atoms. The lowest BCUT2D eigenvalue weighted by Gasteiger charge is -2.20. The highest BCUT2D eigenvalue weighted by Crippen LogP contribution is 2.33. The number of non-ortho nitro benzene ring substituents is 1. The molecule has 0 fully saturated rings. The van der Waals surface area contributed by atoms with Gasteiger partial charge in [0, 0.05) is 34.4 Å². The Kier molecular flexibility index (Phi) is 5.50. The first-order valence-electron chi connectivity index (χ1n) is 7.64. The Hall–Kier alpha value is -2.90. The summed E-state index contributed by atoms with van der Waals surface area (Å²) in [5, 5.41) is 11.6. The molecule has 2 aromatic rings. The van der Waals surface area contributed by atoms with Crippen molar-refractivity contribution in [3.8, 4) is 5.75 Å². The second kappa shape index (κ2) is 7.99. The van der Waals surface area contributed by atoms with E-state index in [1.807, 2.05) is 0 Å². The average molecular weight is 376 g/mol. The molecule has 0 radical (unpaired) electrons. The van der Waals surface area contributed by atoms with Crippen molar-refractivity contribution < 1.29 is 23.9 Å². The zero-order valence-electron chi connectivity index (χ0n) is 13.5. The van der Waals surface area contributed by atoms with Crippen molar-refractivity contribution >= 4 is 29.3 Å². The molecule has 2 aromatic carbocycles. The number of nitrogens with zero attached hydrogens (tertiary/aromatic N) is 1. The second-order valence-corrected chi connectivity index (χ2v) is 5.83. The van der Waals surface area contributed by atoms with E-state index >= 15 is 0 Å². The molecule has 0 N–H and O–H groups in total. The van der Waals surface area contributed by atoms with Gasteiger partial charge in [0.1, 0.15) is 12.4 Å². The fraction of sp³-hybridized carbons (Fsp3) is 0.167. The lowest BCUT2D eigenvalue weighted by atomic mass is 10.1. The van der Waals surface area contributed by atoms with Crippen LogP contribution in [0.4, 0.5) is 5.69 Å². The minimum atomic E-state index is -0.600. The van der Waals surface area contributed by atoms with Crippen LogP contribution in [0.3, 0.4) is 0 Å². The number of benzene rings is 2. The summed E-state index contributed by atoms with van der Waals surface area (Å²) in [6.07, 6.45) is 2.78. The van der Waals surface area contributed by atoms with Crippen LogP contribution in [0, 0.1) is 10.1 Å². The third-order valence-electron chi connectivity index (χ3n) is 3.66. The van der Waals surface area contributed by atoms with Gasteiger partial charge in [-0.1, -0.05) is 29.8 Å². The maximum Gasteiger partial charge on any atom is 0.331 e. The van der Waals surface area contributed by atoms with Crippen molar-refractivity contribution in [2.75, 3.05) is 6.79 Å². The Morgan fingerprint density at radius 2 is 2.15 bits per heavy atom. The molecule has 0 aromatic heterocycles.